The minimum absolute atomic E-state index is 0.0887. The first-order valence-corrected chi connectivity index (χ1v) is 7.69. The maximum Gasteiger partial charge on any atom is 0.120 e. The van der Waals surface area contributed by atoms with Crippen LogP contribution in [0.5, 0.6) is 0 Å². The molecule has 1 aliphatic carbocycles. The number of nitrogens with zero attached hydrogens (tertiary/aromatic N) is 1. The van der Waals surface area contributed by atoms with Crippen molar-refractivity contribution in [2.75, 3.05) is 19.8 Å². The Balaban J connectivity index is 1.62. The van der Waals surface area contributed by atoms with Gasteiger partial charge in [-0.3, -0.25) is 4.90 Å². The third-order valence-corrected chi connectivity index (χ3v) is 4.36. The average Bonchev–Trinajstić information content (AvgIpc) is 3.14. The number of nitrogens with one attached hydrogen (secondary N) is 1. The highest BCUT2D eigenvalue weighted by atomic mass is 16.5. The summed E-state index contributed by atoms with van der Waals surface area (Å²) < 4.78 is 11.6. The van der Waals surface area contributed by atoms with Crippen molar-refractivity contribution in [3.05, 3.63) is 23.2 Å². The lowest BCUT2D eigenvalue weighted by molar-refractivity contribution is -0.0578. The van der Waals surface area contributed by atoms with Gasteiger partial charge in [0.05, 0.1) is 26.3 Å². The highest BCUT2D eigenvalue weighted by Crippen LogP contribution is 2.25. The predicted octanol–water partition coefficient (Wildman–Crippen LogP) is 2.45. The summed E-state index contributed by atoms with van der Waals surface area (Å²) in [6, 6.07) is 2.91. The van der Waals surface area contributed by atoms with Gasteiger partial charge in [0.15, 0.2) is 0 Å². The van der Waals surface area contributed by atoms with Crippen LogP contribution in [-0.2, 0) is 17.8 Å². The molecule has 1 aromatic heterocycles. The first-order valence-electron chi connectivity index (χ1n) is 7.69. The molecule has 0 radical (unpaired) electrons. The Morgan fingerprint density at radius 3 is 2.90 bits per heavy atom. The Kier molecular flexibility index (Phi) is 3.89. The molecule has 1 aromatic rings. The zero-order valence-electron chi connectivity index (χ0n) is 12.9. The van der Waals surface area contributed by atoms with Crippen molar-refractivity contribution in [3.8, 4) is 0 Å². The molecule has 20 heavy (non-hydrogen) atoms. The molecule has 112 valence electrons. The standard InChI is InChI=1S/C16H26N2O2/c1-12-8-14(20-15(12)9-17-13-4-5-13)10-18-6-7-19-11-16(18,2)3/h8,13,17H,4-7,9-11H2,1-3H3. The molecule has 1 saturated heterocycles. The lowest BCUT2D eigenvalue weighted by Gasteiger charge is -2.41. The molecule has 2 fully saturated rings. The lowest BCUT2D eigenvalue weighted by Crippen LogP contribution is -2.52. The van der Waals surface area contributed by atoms with Gasteiger partial charge in [0.25, 0.3) is 0 Å². The largest absolute Gasteiger partial charge is 0.463 e. The van der Waals surface area contributed by atoms with Crippen molar-refractivity contribution in [2.24, 2.45) is 0 Å². The Labute approximate surface area is 121 Å². The molecule has 4 nitrogen and oxygen atoms in total. The van der Waals surface area contributed by atoms with Gasteiger partial charge in [-0.05, 0) is 45.2 Å². The van der Waals surface area contributed by atoms with E-state index < -0.39 is 0 Å². The van der Waals surface area contributed by atoms with E-state index in [9.17, 15) is 0 Å². The van der Waals surface area contributed by atoms with E-state index in [0.29, 0.717) is 0 Å². The fourth-order valence-electron chi connectivity index (χ4n) is 2.74. The topological polar surface area (TPSA) is 37.6 Å². The number of ether oxygens (including phenoxy) is 1. The van der Waals surface area contributed by atoms with Gasteiger partial charge < -0.3 is 14.5 Å². The van der Waals surface area contributed by atoms with Crippen LogP contribution in [0.3, 0.4) is 0 Å². The van der Waals surface area contributed by atoms with E-state index in [0.717, 1.165) is 50.4 Å². The lowest BCUT2D eigenvalue weighted by atomic mass is 10.0. The van der Waals surface area contributed by atoms with E-state index in [1.807, 2.05) is 0 Å². The first-order chi connectivity index (χ1) is 9.54. The fraction of sp³-hybridized carbons (Fsp3) is 0.750. The zero-order chi connectivity index (χ0) is 14.2. The second-order valence-electron chi connectivity index (χ2n) is 6.76. The summed E-state index contributed by atoms with van der Waals surface area (Å²) in [6.07, 6.45) is 2.63. The minimum Gasteiger partial charge on any atom is -0.463 e. The molecule has 1 aliphatic heterocycles. The summed E-state index contributed by atoms with van der Waals surface area (Å²) in [4.78, 5) is 2.45. The molecule has 0 spiro atoms. The van der Waals surface area contributed by atoms with E-state index in [1.54, 1.807) is 0 Å². The van der Waals surface area contributed by atoms with Crippen molar-refractivity contribution in [3.63, 3.8) is 0 Å². The average molecular weight is 278 g/mol. The second-order valence-corrected chi connectivity index (χ2v) is 6.76. The molecule has 0 bridgehead atoms. The maximum absolute atomic E-state index is 6.04. The number of morpholine rings is 1. The van der Waals surface area contributed by atoms with Crippen molar-refractivity contribution < 1.29 is 9.15 Å². The van der Waals surface area contributed by atoms with E-state index in [2.05, 4.69) is 37.1 Å². The molecule has 1 saturated carbocycles. The summed E-state index contributed by atoms with van der Waals surface area (Å²) >= 11 is 0. The summed E-state index contributed by atoms with van der Waals surface area (Å²) in [5.74, 6) is 2.17. The van der Waals surface area contributed by atoms with Crippen LogP contribution in [0.25, 0.3) is 0 Å². The Hall–Kier alpha value is -0.840. The molecule has 0 amide bonds. The third-order valence-electron chi connectivity index (χ3n) is 4.36. The fourth-order valence-corrected chi connectivity index (χ4v) is 2.74. The molecule has 2 aliphatic rings. The zero-order valence-corrected chi connectivity index (χ0v) is 12.9. The smallest absolute Gasteiger partial charge is 0.120 e. The van der Waals surface area contributed by atoms with Crippen LogP contribution in [0.1, 0.15) is 43.8 Å². The highest BCUT2D eigenvalue weighted by molar-refractivity contribution is 5.20. The van der Waals surface area contributed by atoms with Crippen molar-refractivity contribution in [2.45, 2.75) is 58.3 Å². The molecular weight excluding hydrogens is 252 g/mol. The molecular formula is C16H26N2O2. The second kappa shape index (κ2) is 5.51. The number of aryl methyl sites for hydroxylation is 1. The number of furan rings is 1. The van der Waals surface area contributed by atoms with Crippen LogP contribution >= 0.6 is 0 Å². The molecule has 4 heteroatoms. The van der Waals surface area contributed by atoms with E-state index in [4.69, 9.17) is 9.15 Å². The number of hydrogen-bond donors (Lipinski definition) is 1. The Morgan fingerprint density at radius 1 is 1.40 bits per heavy atom. The van der Waals surface area contributed by atoms with Crippen molar-refractivity contribution >= 4 is 0 Å². The van der Waals surface area contributed by atoms with Crippen LogP contribution < -0.4 is 5.32 Å². The van der Waals surface area contributed by atoms with Gasteiger partial charge in [-0.25, -0.2) is 0 Å². The molecule has 0 aromatic carbocycles. The van der Waals surface area contributed by atoms with Crippen LogP contribution in [0, 0.1) is 6.92 Å². The highest BCUT2D eigenvalue weighted by Gasteiger charge is 2.31. The van der Waals surface area contributed by atoms with Gasteiger partial charge in [-0.2, -0.15) is 0 Å². The molecule has 0 unspecified atom stereocenters. The maximum atomic E-state index is 6.04. The third kappa shape index (κ3) is 3.25. The molecule has 2 heterocycles. The van der Waals surface area contributed by atoms with Crippen LogP contribution in [0.2, 0.25) is 0 Å². The SMILES string of the molecule is Cc1cc(CN2CCOCC2(C)C)oc1CNC1CC1. The number of rotatable bonds is 5. The van der Waals surface area contributed by atoms with Gasteiger partial charge in [0.1, 0.15) is 11.5 Å². The molecule has 0 atom stereocenters. The summed E-state index contributed by atoms with van der Waals surface area (Å²) in [7, 11) is 0. The van der Waals surface area contributed by atoms with Crippen LogP contribution in [0.4, 0.5) is 0 Å². The number of hydrogen-bond acceptors (Lipinski definition) is 4. The molecule has 1 N–H and O–H groups in total. The van der Waals surface area contributed by atoms with Crippen molar-refractivity contribution in [1.29, 1.82) is 0 Å². The van der Waals surface area contributed by atoms with Gasteiger partial charge in [0, 0.05) is 18.1 Å². The Morgan fingerprint density at radius 2 is 2.20 bits per heavy atom. The van der Waals surface area contributed by atoms with Crippen LogP contribution in [-0.4, -0.2) is 36.2 Å². The van der Waals surface area contributed by atoms with E-state index >= 15 is 0 Å². The summed E-state index contributed by atoms with van der Waals surface area (Å²) in [5, 5.41) is 3.52. The van der Waals surface area contributed by atoms with Gasteiger partial charge >= 0.3 is 0 Å². The molecule has 3 rings (SSSR count). The Bertz CT molecular complexity index is 463. The quantitative estimate of drug-likeness (QED) is 0.898. The van der Waals surface area contributed by atoms with Crippen molar-refractivity contribution in [1.82, 2.24) is 10.2 Å². The van der Waals surface area contributed by atoms with Crippen LogP contribution in [0.15, 0.2) is 10.5 Å². The normalized spacial score (nSPS) is 23.1. The minimum atomic E-state index is 0.0887. The van der Waals surface area contributed by atoms with E-state index in [1.165, 1.54) is 18.4 Å². The van der Waals surface area contributed by atoms with Gasteiger partial charge in [0.2, 0.25) is 0 Å². The predicted molar refractivity (Wildman–Crippen MR) is 78.6 cm³/mol. The van der Waals surface area contributed by atoms with E-state index in [-0.39, 0.29) is 5.54 Å². The summed E-state index contributed by atoms with van der Waals surface area (Å²) in [6.45, 7) is 10.9. The monoisotopic (exact) mass is 278 g/mol. The summed E-state index contributed by atoms with van der Waals surface area (Å²) in [5.41, 5.74) is 1.35. The first kappa shape index (κ1) is 14.1. The van der Waals surface area contributed by atoms with Gasteiger partial charge in [-0.15, -0.1) is 0 Å². The van der Waals surface area contributed by atoms with Gasteiger partial charge in [-0.1, -0.05) is 0 Å².